The number of benzene rings is 3. The molecular weight excluding hydrogens is 654 g/mol. The summed E-state index contributed by atoms with van der Waals surface area (Å²) in [6, 6.07) is 14.8. The van der Waals surface area contributed by atoms with Gasteiger partial charge in [-0.15, -0.1) is 0 Å². The van der Waals surface area contributed by atoms with Crippen LogP contribution >= 0.6 is 57.7 Å². The summed E-state index contributed by atoms with van der Waals surface area (Å²) in [4.78, 5) is 32.0. The highest BCUT2D eigenvalue weighted by atomic mass is 35.5. The maximum atomic E-state index is 13.9. The number of carbonyl (C=O) groups excluding carboxylic acids is 1. The average Bonchev–Trinajstić information content (AvgIpc) is 3.26. The van der Waals surface area contributed by atoms with Crippen LogP contribution in [0.1, 0.15) is 36.6 Å². The van der Waals surface area contributed by atoms with Gasteiger partial charge >= 0.3 is 5.97 Å². The second-order valence-electron chi connectivity index (χ2n) is 9.41. The molecule has 7 nitrogen and oxygen atoms in total. The third-order valence-electron chi connectivity index (χ3n) is 6.64. The lowest BCUT2D eigenvalue weighted by atomic mass is 9.96. The van der Waals surface area contributed by atoms with Gasteiger partial charge in [0.15, 0.2) is 16.3 Å². The van der Waals surface area contributed by atoms with Crippen LogP contribution in [0.4, 0.5) is 0 Å². The van der Waals surface area contributed by atoms with Gasteiger partial charge in [-0.3, -0.25) is 9.36 Å². The lowest BCUT2D eigenvalue weighted by Crippen LogP contribution is -2.39. The number of aromatic nitrogens is 1. The maximum Gasteiger partial charge on any atom is 0.338 e. The fourth-order valence-corrected chi connectivity index (χ4v) is 6.56. The summed E-state index contributed by atoms with van der Waals surface area (Å²) in [6.45, 7) is 3.77. The zero-order chi connectivity index (χ0) is 30.8. The second kappa shape index (κ2) is 13.2. The van der Waals surface area contributed by atoms with Crippen LogP contribution in [0.25, 0.3) is 6.08 Å². The molecule has 1 aromatic heterocycles. The minimum Gasteiger partial charge on any atom is -0.493 e. The molecule has 0 unspecified atom stereocenters. The molecule has 0 spiro atoms. The number of hydrogen-bond donors (Lipinski definition) is 0. The van der Waals surface area contributed by atoms with E-state index < -0.39 is 12.0 Å². The number of ether oxygens (including phenoxy) is 3. The summed E-state index contributed by atoms with van der Waals surface area (Å²) in [7, 11) is 1.50. The number of thiazole rings is 1. The van der Waals surface area contributed by atoms with Crippen molar-refractivity contribution in [3.63, 3.8) is 0 Å². The van der Waals surface area contributed by atoms with Crippen molar-refractivity contribution in [1.29, 1.82) is 0 Å². The van der Waals surface area contributed by atoms with Gasteiger partial charge in [-0.2, -0.15) is 0 Å². The van der Waals surface area contributed by atoms with Gasteiger partial charge in [0.2, 0.25) is 0 Å². The minimum atomic E-state index is -0.747. The number of allylic oxidation sites excluding steroid dienone is 1. The predicted octanol–water partition coefficient (Wildman–Crippen LogP) is 7.00. The van der Waals surface area contributed by atoms with Crippen LogP contribution < -0.4 is 24.4 Å². The van der Waals surface area contributed by atoms with E-state index in [0.717, 1.165) is 5.56 Å². The van der Waals surface area contributed by atoms with Gasteiger partial charge in [0.05, 0.1) is 40.6 Å². The SMILES string of the molecule is CCOC(=O)C1=C(C)N=c2s/c(=C\c3cc(Cl)c(OCc4ccc(Cl)cc4Cl)c(OC)c3)c(=O)n2[C@H]1c1ccc(Cl)cc1. The fraction of sp³-hybridized carbons (Fsp3) is 0.194. The Bertz CT molecular complexity index is 1930. The average molecular weight is 678 g/mol. The van der Waals surface area contributed by atoms with Crippen LogP contribution in [0.3, 0.4) is 0 Å². The summed E-state index contributed by atoms with van der Waals surface area (Å²) in [6.07, 6.45) is 1.69. The Labute approximate surface area is 271 Å². The summed E-state index contributed by atoms with van der Waals surface area (Å²) in [5, 5.41) is 1.80. The van der Waals surface area contributed by atoms with Crippen LogP contribution in [0.15, 0.2) is 75.7 Å². The molecule has 43 heavy (non-hydrogen) atoms. The molecule has 4 aromatic rings. The Morgan fingerprint density at radius 1 is 1.02 bits per heavy atom. The number of fused-ring (bicyclic) bond motifs is 1. The summed E-state index contributed by atoms with van der Waals surface area (Å²) in [5.74, 6) is 0.160. The Balaban J connectivity index is 1.56. The number of esters is 1. The van der Waals surface area contributed by atoms with Crippen LogP contribution in [0.2, 0.25) is 20.1 Å². The third-order valence-corrected chi connectivity index (χ3v) is 8.74. The number of rotatable bonds is 8. The van der Waals surface area contributed by atoms with Crippen molar-refractivity contribution in [2.45, 2.75) is 26.5 Å². The molecule has 222 valence electrons. The minimum absolute atomic E-state index is 0.136. The molecule has 0 aliphatic carbocycles. The highest BCUT2D eigenvalue weighted by Crippen LogP contribution is 2.38. The van der Waals surface area contributed by atoms with E-state index in [1.165, 1.54) is 23.0 Å². The highest BCUT2D eigenvalue weighted by molar-refractivity contribution is 7.07. The highest BCUT2D eigenvalue weighted by Gasteiger charge is 2.33. The smallest absolute Gasteiger partial charge is 0.338 e. The van der Waals surface area contributed by atoms with Crippen molar-refractivity contribution in [3.05, 3.63) is 122 Å². The quantitative estimate of drug-likeness (QED) is 0.188. The van der Waals surface area contributed by atoms with E-state index in [2.05, 4.69) is 4.99 Å². The molecule has 1 aliphatic rings. The first kappa shape index (κ1) is 31.2. The third kappa shape index (κ3) is 6.49. The Kier molecular flexibility index (Phi) is 9.54. The fourth-order valence-electron chi connectivity index (χ4n) is 4.66. The van der Waals surface area contributed by atoms with Gasteiger partial charge in [-0.25, -0.2) is 9.79 Å². The van der Waals surface area contributed by atoms with Crippen molar-refractivity contribution in [1.82, 2.24) is 4.57 Å². The predicted molar refractivity (Wildman–Crippen MR) is 171 cm³/mol. The summed E-state index contributed by atoms with van der Waals surface area (Å²) >= 11 is 26.2. The molecule has 12 heteroatoms. The molecule has 0 radical (unpaired) electrons. The first-order chi connectivity index (χ1) is 20.6. The molecule has 1 aliphatic heterocycles. The molecular formula is C31H24Cl4N2O5S. The molecule has 5 rings (SSSR count). The number of hydrogen-bond acceptors (Lipinski definition) is 7. The first-order valence-corrected chi connectivity index (χ1v) is 15.3. The number of halogens is 4. The number of carbonyl (C=O) groups is 1. The number of methoxy groups -OCH3 is 1. The Morgan fingerprint density at radius 2 is 1.74 bits per heavy atom. The van der Waals surface area contributed by atoms with Crippen molar-refractivity contribution in [2.24, 2.45) is 4.99 Å². The monoisotopic (exact) mass is 676 g/mol. The Hall–Kier alpha value is -3.27. The molecule has 0 saturated carbocycles. The van der Waals surface area contributed by atoms with Gasteiger partial charge in [0, 0.05) is 20.6 Å². The van der Waals surface area contributed by atoms with E-state index in [4.69, 9.17) is 60.6 Å². The van der Waals surface area contributed by atoms with Crippen LogP contribution in [-0.2, 0) is 16.1 Å². The van der Waals surface area contributed by atoms with Crippen molar-refractivity contribution in [2.75, 3.05) is 13.7 Å². The normalized spacial score (nSPS) is 14.8. The van der Waals surface area contributed by atoms with Crippen molar-refractivity contribution >= 4 is 69.8 Å². The molecule has 0 fully saturated rings. The van der Waals surface area contributed by atoms with E-state index in [-0.39, 0.29) is 29.4 Å². The van der Waals surface area contributed by atoms with E-state index in [1.54, 1.807) is 74.5 Å². The lowest BCUT2D eigenvalue weighted by molar-refractivity contribution is -0.139. The zero-order valence-corrected chi connectivity index (χ0v) is 27.0. The zero-order valence-electron chi connectivity index (χ0n) is 23.1. The Morgan fingerprint density at radius 3 is 2.42 bits per heavy atom. The van der Waals surface area contributed by atoms with E-state index >= 15 is 0 Å². The van der Waals surface area contributed by atoms with Crippen LogP contribution in [0.5, 0.6) is 11.5 Å². The largest absolute Gasteiger partial charge is 0.493 e. The molecule has 0 amide bonds. The van der Waals surface area contributed by atoms with Crippen molar-refractivity contribution in [3.8, 4) is 11.5 Å². The van der Waals surface area contributed by atoms with Gasteiger partial charge in [-0.1, -0.05) is 75.9 Å². The standard InChI is InChI=1S/C31H24Cl4N2O5S/c1-4-41-30(39)26-16(2)36-31-37(27(26)18-5-8-20(32)9-6-18)29(38)25(43-31)13-17-11-23(35)28(24(12-17)40-3)42-15-19-7-10-21(33)14-22(19)34/h5-14,27H,4,15H2,1-3H3/b25-13-/t27-/m0/s1. The van der Waals surface area contributed by atoms with E-state index in [1.807, 2.05) is 0 Å². The molecule has 1 atom stereocenters. The second-order valence-corrected chi connectivity index (χ2v) is 12.1. The molecule has 3 aromatic carbocycles. The number of nitrogens with zero attached hydrogens (tertiary/aromatic N) is 2. The van der Waals surface area contributed by atoms with Crippen LogP contribution in [0, 0.1) is 0 Å². The van der Waals surface area contributed by atoms with Gasteiger partial charge in [0.25, 0.3) is 5.56 Å². The van der Waals surface area contributed by atoms with Gasteiger partial charge < -0.3 is 14.2 Å². The van der Waals surface area contributed by atoms with Gasteiger partial charge in [0.1, 0.15) is 6.61 Å². The summed E-state index contributed by atoms with van der Waals surface area (Å²) < 4.78 is 18.8. The molecule has 2 heterocycles. The topological polar surface area (TPSA) is 79.1 Å². The van der Waals surface area contributed by atoms with Crippen LogP contribution in [-0.4, -0.2) is 24.3 Å². The van der Waals surface area contributed by atoms with E-state index in [0.29, 0.717) is 52.7 Å². The molecule has 0 saturated heterocycles. The molecule has 0 bridgehead atoms. The molecule has 0 N–H and O–H groups in total. The van der Waals surface area contributed by atoms with E-state index in [9.17, 15) is 9.59 Å². The van der Waals surface area contributed by atoms with Crippen molar-refractivity contribution < 1.29 is 19.0 Å². The maximum absolute atomic E-state index is 13.9. The summed E-state index contributed by atoms with van der Waals surface area (Å²) in [5.41, 5.74) is 2.45. The lowest BCUT2D eigenvalue weighted by Gasteiger charge is -2.24. The first-order valence-electron chi connectivity index (χ1n) is 13.0. The van der Waals surface area contributed by atoms with Gasteiger partial charge in [-0.05, 0) is 67.4 Å².